The van der Waals surface area contributed by atoms with Crippen LogP contribution in [-0.2, 0) is 26.0 Å². The van der Waals surface area contributed by atoms with E-state index in [9.17, 15) is 22.8 Å². The Kier molecular flexibility index (Phi) is 5.34. The van der Waals surface area contributed by atoms with Crippen LogP contribution in [-0.4, -0.2) is 67.3 Å². The highest BCUT2D eigenvalue weighted by Gasteiger charge is 2.32. The van der Waals surface area contributed by atoms with Crippen molar-refractivity contribution in [1.29, 1.82) is 0 Å². The van der Waals surface area contributed by atoms with Gasteiger partial charge in [-0.3, -0.25) is 19.7 Å². The SMILES string of the molecule is C[C@H]1CN(C(=O)c2ccc(CC3CC(=O)NC3=O)cc2)CCN1S(C)(=O)=O. The molecule has 1 aromatic rings. The molecule has 27 heavy (non-hydrogen) atoms. The second-order valence-electron chi connectivity index (χ2n) is 7.19. The van der Waals surface area contributed by atoms with E-state index in [1.807, 2.05) is 0 Å². The van der Waals surface area contributed by atoms with Gasteiger partial charge in [0.1, 0.15) is 0 Å². The molecule has 2 fully saturated rings. The van der Waals surface area contributed by atoms with E-state index in [0.29, 0.717) is 25.1 Å². The molecule has 3 rings (SSSR count). The lowest BCUT2D eigenvalue weighted by Crippen LogP contribution is -2.55. The van der Waals surface area contributed by atoms with Gasteiger partial charge in [0.15, 0.2) is 0 Å². The zero-order chi connectivity index (χ0) is 19.8. The van der Waals surface area contributed by atoms with Crippen LogP contribution in [0, 0.1) is 5.92 Å². The molecule has 0 bridgehead atoms. The van der Waals surface area contributed by atoms with Gasteiger partial charge in [-0.15, -0.1) is 0 Å². The lowest BCUT2D eigenvalue weighted by atomic mass is 9.97. The van der Waals surface area contributed by atoms with Gasteiger partial charge in [-0.2, -0.15) is 4.31 Å². The largest absolute Gasteiger partial charge is 0.336 e. The number of hydrogen-bond acceptors (Lipinski definition) is 5. The number of nitrogens with zero attached hydrogens (tertiary/aromatic N) is 2. The van der Waals surface area contributed by atoms with Gasteiger partial charge in [0.05, 0.1) is 12.2 Å². The monoisotopic (exact) mass is 393 g/mol. The van der Waals surface area contributed by atoms with Gasteiger partial charge in [-0.25, -0.2) is 8.42 Å². The minimum absolute atomic E-state index is 0.143. The highest BCUT2D eigenvalue weighted by Crippen LogP contribution is 2.19. The van der Waals surface area contributed by atoms with E-state index in [4.69, 9.17) is 0 Å². The van der Waals surface area contributed by atoms with Crippen molar-refractivity contribution in [3.63, 3.8) is 0 Å². The maximum absolute atomic E-state index is 12.7. The Morgan fingerprint density at radius 2 is 1.85 bits per heavy atom. The van der Waals surface area contributed by atoms with Gasteiger partial charge in [0.2, 0.25) is 21.8 Å². The van der Waals surface area contributed by atoms with Crippen LogP contribution in [0.3, 0.4) is 0 Å². The predicted molar refractivity (Wildman–Crippen MR) is 98.3 cm³/mol. The molecule has 9 heteroatoms. The highest BCUT2D eigenvalue weighted by molar-refractivity contribution is 7.88. The number of carbonyl (C=O) groups is 3. The summed E-state index contributed by atoms with van der Waals surface area (Å²) in [6.07, 6.45) is 1.83. The van der Waals surface area contributed by atoms with Gasteiger partial charge < -0.3 is 4.90 Å². The van der Waals surface area contributed by atoms with Crippen LogP contribution in [0.5, 0.6) is 0 Å². The summed E-state index contributed by atoms with van der Waals surface area (Å²) in [5.41, 5.74) is 1.40. The molecular formula is C18H23N3O5S. The van der Waals surface area contributed by atoms with E-state index < -0.39 is 10.0 Å². The number of carbonyl (C=O) groups excluding carboxylic acids is 3. The number of hydrogen-bond donors (Lipinski definition) is 1. The fraction of sp³-hybridized carbons (Fsp3) is 0.500. The smallest absolute Gasteiger partial charge is 0.253 e. The predicted octanol–water partition coefficient (Wildman–Crippen LogP) is -0.00230. The van der Waals surface area contributed by atoms with Crippen LogP contribution in [0.4, 0.5) is 0 Å². The standard InChI is InChI=1S/C18H23N3O5S/c1-12-11-20(7-8-21(12)27(2,25)26)18(24)14-5-3-13(4-6-14)9-15-10-16(22)19-17(15)23/h3-6,12,15H,7-11H2,1-2H3,(H,19,22,23)/t12-,15?/m0/s1. The second kappa shape index (κ2) is 7.40. The molecule has 3 amide bonds. The van der Waals surface area contributed by atoms with Crippen molar-refractivity contribution in [2.75, 3.05) is 25.9 Å². The van der Waals surface area contributed by atoms with Crippen LogP contribution >= 0.6 is 0 Å². The van der Waals surface area contributed by atoms with Crippen LogP contribution in [0.25, 0.3) is 0 Å². The van der Waals surface area contributed by atoms with Crippen LogP contribution in [0.1, 0.15) is 29.3 Å². The molecular weight excluding hydrogens is 370 g/mol. The molecule has 0 aromatic heterocycles. The number of imide groups is 1. The summed E-state index contributed by atoms with van der Waals surface area (Å²) in [7, 11) is -3.28. The zero-order valence-electron chi connectivity index (χ0n) is 15.3. The molecule has 0 aliphatic carbocycles. The van der Waals surface area contributed by atoms with E-state index in [1.165, 1.54) is 10.6 Å². The lowest BCUT2D eigenvalue weighted by molar-refractivity contribution is -0.125. The van der Waals surface area contributed by atoms with Gasteiger partial charge in [0, 0.05) is 37.7 Å². The second-order valence-corrected chi connectivity index (χ2v) is 9.12. The number of amides is 3. The number of nitrogens with one attached hydrogen (secondary N) is 1. The van der Waals surface area contributed by atoms with E-state index in [-0.39, 0.29) is 42.6 Å². The molecule has 8 nitrogen and oxygen atoms in total. The Bertz CT molecular complexity index is 865. The van der Waals surface area contributed by atoms with E-state index in [0.717, 1.165) is 5.56 Å². The minimum atomic E-state index is -3.28. The first-order valence-corrected chi connectivity index (χ1v) is 10.7. The Morgan fingerprint density at radius 1 is 1.19 bits per heavy atom. The highest BCUT2D eigenvalue weighted by atomic mass is 32.2. The zero-order valence-corrected chi connectivity index (χ0v) is 16.2. The summed E-state index contributed by atoms with van der Waals surface area (Å²) in [4.78, 5) is 37.3. The van der Waals surface area contributed by atoms with Crippen molar-refractivity contribution in [2.24, 2.45) is 5.92 Å². The Balaban J connectivity index is 1.63. The van der Waals surface area contributed by atoms with Crippen LogP contribution in [0.2, 0.25) is 0 Å². The third kappa shape index (κ3) is 4.36. The minimum Gasteiger partial charge on any atom is -0.336 e. The van der Waals surface area contributed by atoms with Crippen molar-refractivity contribution in [3.8, 4) is 0 Å². The van der Waals surface area contributed by atoms with Gasteiger partial charge in [-0.05, 0) is 31.0 Å². The first kappa shape index (κ1) is 19.5. The van der Waals surface area contributed by atoms with Gasteiger partial charge in [0.25, 0.3) is 5.91 Å². The molecule has 1 N–H and O–H groups in total. The summed E-state index contributed by atoms with van der Waals surface area (Å²) < 4.78 is 24.9. The van der Waals surface area contributed by atoms with E-state index >= 15 is 0 Å². The molecule has 0 radical (unpaired) electrons. The number of sulfonamides is 1. The normalized spacial score (nSPS) is 24.1. The van der Waals surface area contributed by atoms with Crippen LogP contribution < -0.4 is 5.32 Å². The van der Waals surface area contributed by atoms with Gasteiger partial charge in [-0.1, -0.05) is 12.1 Å². The average Bonchev–Trinajstić information content (AvgIpc) is 2.91. The lowest BCUT2D eigenvalue weighted by Gasteiger charge is -2.38. The Labute approximate surface area is 158 Å². The summed E-state index contributed by atoms with van der Waals surface area (Å²) in [6, 6.07) is 6.73. The average molecular weight is 393 g/mol. The molecule has 2 saturated heterocycles. The third-order valence-corrected chi connectivity index (χ3v) is 6.42. The first-order valence-electron chi connectivity index (χ1n) is 8.84. The number of benzene rings is 1. The fourth-order valence-corrected chi connectivity index (χ4v) is 4.77. The maximum atomic E-state index is 12.7. The molecule has 2 aliphatic rings. The Hall–Kier alpha value is -2.26. The van der Waals surface area contributed by atoms with E-state index in [2.05, 4.69) is 5.32 Å². The third-order valence-electron chi connectivity index (χ3n) is 5.03. The molecule has 2 atom stereocenters. The quantitative estimate of drug-likeness (QED) is 0.725. The van der Waals surface area contributed by atoms with Gasteiger partial charge >= 0.3 is 0 Å². The van der Waals surface area contributed by atoms with Crippen molar-refractivity contribution in [2.45, 2.75) is 25.8 Å². The van der Waals surface area contributed by atoms with Crippen molar-refractivity contribution < 1.29 is 22.8 Å². The molecule has 0 saturated carbocycles. The molecule has 0 spiro atoms. The molecule has 1 unspecified atom stereocenters. The number of rotatable bonds is 4. The maximum Gasteiger partial charge on any atom is 0.253 e. The summed E-state index contributed by atoms with van der Waals surface area (Å²) in [6.45, 7) is 2.77. The Morgan fingerprint density at radius 3 is 2.37 bits per heavy atom. The molecule has 2 heterocycles. The van der Waals surface area contributed by atoms with Crippen molar-refractivity contribution >= 4 is 27.7 Å². The molecule has 1 aromatic carbocycles. The fourth-order valence-electron chi connectivity index (χ4n) is 3.64. The molecule has 146 valence electrons. The van der Waals surface area contributed by atoms with Crippen molar-refractivity contribution in [3.05, 3.63) is 35.4 Å². The summed E-state index contributed by atoms with van der Waals surface area (Å²) >= 11 is 0. The van der Waals surface area contributed by atoms with Crippen molar-refractivity contribution in [1.82, 2.24) is 14.5 Å². The summed E-state index contributed by atoms with van der Waals surface area (Å²) in [5.74, 6) is -1.00. The number of piperazine rings is 1. The topological polar surface area (TPSA) is 104 Å². The van der Waals surface area contributed by atoms with E-state index in [1.54, 1.807) is 36.1 Å². The summed E-state index contributed by atoms with van der Waals surface area (Å²) in [5, 5.41) is 2.29. The molecule has 2 aliphatic heterocycles. The van der Waals surface area contributed by atoms with Crippen LogP contribution in [0.15, 0.2) is 24.3 Å². The first-order chi connectivity index (χ1) is 12.6.